The van der Waals surface area contributed by atoms with Gasteiger partial charge in [-0.1, -0.05) is 24.6 Å². The first-order chi connectivity index (χ1) is 9.33. The molecule has 1 saturated heterocycles. The number of fused-ring (bicyclic) bond motifs is 1. The largest absolute Gasteiger partial charge is 0.390 e. The summed E-state index contributed by atoms with van der Waals surface area (Å²) in [5.41, 5.74) is 1.21. The summed E-state index contributed by atoms with van der Waals surface area (Å²) in [6.45, 7) is 3.77. The summed E-state index contributed by atoms with van der Waals surface area (Å²) in [5.74, 6) is 0. The number of para-hydroxylation sites is 1. The van der Waals surface area contributed by atoms with Crippen molar-refractivity contribution < 1.29 is 5.11 Å². The van der Waals surface area contributed by atoms with Crippen molar-refractivity contribution in [1.29, 1.82) is 0 Å². The third-order valence-electron chi connectivity index (χ3n) is 4.01. The number of aliphatic hydroxyl groups excluding tert-OH is 1. The minimum absolute atomic E-state index is 0.283. The molecule has 0 spiro atoms. The lowest BCUT2D eigenvalue weighted by Crippen LogP contribution is -2.37. The Balaban J connectivity index is 1.63. The van der Waals surface area contributed by atoms with E-state index in [-0.39, 0.29) is 6.10 Å². The Bertz CT molecular complexity index is 528. The van der Waals surface area contributed by atoms with Crippen molar-refractivity contribution in [2.24, 2.45) is 0 Å². The smallest absolute Gasteiger partial charge is 0.0845 e. The van der Waals surface area contributed by atoms with Gasteiger partial charge < -0.3 is 14.6 Å². The van der Waals surface area contributed by atoms with Gasteiger partial charge in [0.15, 0.2) is 0 Å². The summed E-state index contributed by atoms with van der Waals surface area (Å²) in [7, 11) is 0. The van der Waals surface area contributed by atoms with Crippen molar-refractivity contribution in [3.8, 4) is 0 Å². The topological polar surface area (TPSA) is 28.4 Å². The van der Waals surface area contributed by atoms with E-state index >= 15 is 0 Å². The maximum atomic E-state index is 10.3. The van der Waals surface area contributed by atoms with Crippen LogP contribution < -0.4 is 0 Å². The maximum Gasteiger partial charge on any atom is 0.0845 e. The number of rotatable bonds is 4. The van der Waals surface area contributed by atoms with Gasteiger partial charge in [0.25, 0.3) is 0 Å². The first-order valence-electron chi connectivity index (χ1n) is 7.27. The maximum absolute atomic E-state index is 10.3. The molecular weight excluding hydrogens is 236 g/mol. The van der Waals surface area contributed by atoms with Crippen LogP contribution in [0.1, 0.15) is 19.3 Å². The summed E-state index contributed by atoms with van der Waals surface area (Å²) >= 11 is 0. The number of hydrogen-bond donors (Lipinski definition) is 1. The molecule has 0 bridgehead atoms. The van der Waals surface area contributed by atoms with Crippen molar-refractivity contribution in [3.63, 3.8) is 0 Å². The normalized spacial score (nSPS) is 18.8. The number of likely N-dealkylation sites (tertiary alicyclic amines) is 1. The molecule has 0 radical (unpaired) electrons. The third kappa shape index (κ3) is 2.99. The summed E-state index contributed by atoms with van der Waals surface area (Å²) < 4.78 is 2.16. The highest BCUT2D eigenvalue weighted by atomic mass is 16.3. The van der Waals surface area contributed by atoms with Crippen LogP contribution in [0.5, 0.6) is 0 Å². The molecule has 3 nitrogen and oxygen atoms in total. The molecule has 1 atom stereocenters. The van der Waals surface area contributed by atoms with E-state index in [4.69, 9.17) is 0 Å². The number of piperidine rings is 1. The van der Waals surface area contributed by atoms with Gasteiger partial charge in [0.2, 0.25) is 0 Å². The molecule has 0 unspecified atom stereocenters. The van der Waals surface area contributed by atoms with Crippen molar-refractivity contribution in [1.82, 2.24) is 9.47 Å². The standard InChI is InChI=1S/C16H22N2O/c19-15(12-17-9-4-1-5-10-17)13-18-11-8-14-6-2-3-7-16(14)18/h2-3,6-8,11,15,19H,1,4-5,9-10,12-13H2/t15-/m0/s1. The highest BCUT2D eigenvalue weighted by Gasteiger charge is 2.15. The molecule has 1 N–H and O–H groups in total. The van der Waals surface area contributed by atoms with Gasteiger partial charge in [-0.05, 0) is 43.5 Å². The zero-order valence-corrected chi connectivity index (χ0v) is 11.3. The monoisotopic (exact) mass is 258 g/mol. The summed E-state index contributed by atoms with van der Waals surface area (Å²) in [4.78, 5) is 2.39. The van der Waals surface area contributed by atoms with Gasteiger partial charge in [0, 0.05) is 24.8 Å². The number of aliphatic hydroxyl groups is 1. The highest BCUT2D eigenvalue weighted by Crippen LogP contribution is 2.16. The predicted octanol–water partition coefficient (Wildman–Crippen LogP) is 2.49. The number of nitrogens with zero attached hydrogens (tertiary/aromatic N) is 2. The molecule has 0 aliphatic carbocycles. The number of aromatic nitrogens is 1. The van der Waals surface area contributed by atoms with Crippen LogP contribution in [0.25, 0.3) is 10.9 Å². The molecule has 19 heavy (non-hydrogen) atoms. The molecule has 1 fully saturated rings. The molecule has 1 aromatic heterocycles. The van der Waals surface area contributed by atoms with Crippen LogP contribution in [0.4, 0.5) is 0 Å². The van der Waals surface area contributed by atoms with Crippen molar-refractivity contribution >= 4 is 10.9 Å². The van der Waals surface area contributed by atoms with Gasteiger partial charge >= 0.3 is 0 Å². The van der Waals surface area contributed by atoms with E-state index in [9.17, 15) is 5.11 Å². The van der Waals surface area contributed by atoms with Crippen molar-refractivity contribution in [2.75, 3.05) is 19.6 Å². The van der Waals surface area contributed by atoms with Crippen LogP contribution in [0.3, 0.4) is 0 Å². The minimum Gasteiger partial charge on any atom is -0.390 e. The number of β-amino-alcohol motifs (C(OH)–C–C–N with tert-alkyl or cyclic N) is 1. The lowest BCUT2D eigenvalue weighted by molar-refractivity contribution is 0.0893. The summed E-state index contributed by atoms with van der Waals surface area (Å²) in [6.07, 6.45) is 5.69. The average Bonchev–Trinajstić information content (AvgIpc) is 2.83. The van der Waals surface area contributed by atoms with Gasteiger partial charge in [-0.2, -0.15) is 0 Å². The van der Waals surface area contributed by atoms with Gasteiger partial charge in [-0.15, -0.1) is 0 Å². The van der Waals surface area contributed by atoms with Gasteiger partial charge in [0.05, 0.1) is 6.10 Å². The Kier molecular flexibility index (Phi) is 3.85. The molecule has 102 valence electrons. The molecule has 2 heterocycles. The third-order valence-corrected chi connectivity index (χ3v) is 4.01. The van der Waals surface area contributed by atoms with Gasteiger partial charge in [0.1, 0.15) is 0 Å². The second-order valence-electron chi connectivity index (χ2n) is 5.54. The fraction of sp³-hybridized carbons (Fsp3) is 0.500. The highest BCUT2D eigenvalue weighted by molar-refractivity contribution is 5.79. The summed E-state index contributed by atoms with van der Waals surface area (Å²) in [5, 5.41) is 11.5. The quantitative estimate of drug-likeness (QED) is 0.912. The molecule has 3 heteroatoms. The second kappa shape index (κ2) is 5.76. The van der Waals surface area contributed by atoms with E-state index in [0.29, 0.717) is 6.54 Å². The van der Waals surface area contributed by atoms with E-state index in [1.165, 1.54) is 30.2 Å². The van der Waals surface area contributed by atoms with Crippen LogP contribution >= 0.6 is 0 Å². The molecule has 1 aliphatic rings. The molecular formula is C16H22N2O. The SMILES string of the molecule is O[C@@H](CN1CCCCC1)Cn1ccc2ccccc21. The van der Waals surface area contributed by atoms with E-state index in [0.717, 1.165) is 19.6 Å². The van der Waals surface area contributed by atoms with E-state index < -0.39 is 0 Å². The Morgan fingerprint density at radius 3 is 2.63 bits per heavy atom. The fourth-order valence-corrected chi connectivity index (χ4v) is 3.02. The first-order valence-corrected chi connectivity index (χ1v) is 7.27. The Labute approximate surface area is 114 Å². The van der Waals surface area contributed by atoms with E-state index in [2.05, 4.69) is 46.0 Å². The average molecular weight is 258 g/mol. The number of hydrogen-bond acceptors (Lipinski definition) is 2. The second-order valence-corrected chi connectivity index (χ2v) is 5.54. The lowest BCUT2D eigenvalue weighted by atomic mass is 10.1. The van der Waals surface area contributed by atoms with Crippen LogP contribution in [0, 0.1) is 0 Å². The fourth-order valence-electron chi connectivity index (χ4n) is 3.02. The van der Waals surface area contributed by atoms with Gasteiger partial charge in [-0.25, -0.2) is 0 Å². The number of benzene rings is 1. The molecule has 1 aliphatic heterocycles. The molecule has 0 saturated carbocycles. The van der Waals surface area contributed by atoms with Gasteiger partial charge in [-0.3, -0.25) is 0 Å². The molecule has 2 aromatic rings. The zero-order chi connectivity index (χ0) is 13.1. The molecule has 3 rings (SSSR count). The molecule has 1 aromatic carbocycles. The first kappa shape index (κ1) is 12.7. The Morgan fingerprint density at radius 1 is 1.00 bits per heavy atom. The predicted molar refractivity (Wildman–Crippen MR) is 78.2 cm³/mol. The Morgan fingerprint density at radius 2 is 1.79 bits per heavy atom. The summed E-state index contributed by atoms with van der Waals surface area (Å²) in [6, 6.07) is 10.4. The van der Waals surface area contributed by atoms with E-state index in [1.807, 2.05) is 0 Å². The van der Waals surface area contributed by atoms with Crippen molar-refractivity contribution in [2.45, 2.75) is 31.9 Å². The van der Waals surface area contributed by atoms with E-state index in [1.54, 1.807) is 0 Å². The van der Waals surface area contributed by atoms with Crippen LogP contribution in [-0.4, -0.2) is 40.3 Å². The van der Waals surface area contributed by atoms with Crippen LogP contribution in [0.15, 0.2) is 36.5 Å². The van der Waals surface area contributed by atoms with Crippen molar-refractivity contribution in [3.05, 3.63) is 36.5 Å². The van der Waals surface area contributed by atoms with Crippen LogP contribution in [-0.2, 0) is 6.54 Å². The molecule has 0 amide bonds. The lowest BCUT2D eigenvalue weighted by Gasteiger charge is -2.28. The minimum atomic E-state index is -0.283. The van der Waals surface area contributed by atoms with Crippen LogP contribution in [0.2, 0.25) is 0 Å². The zero-order valence-electron chi connectivity index (χ0n) is 11.3. The Hall–Kier alpha value is -1.32.